The molecule has 1 rings (SSSR count). The highest BCUT2D eigenvalue weighted by molar-refractivity contribution is 7.47. The molecule has 0 spiro atoms. The lowest BCUT2D eigenvalue weighted by Crippen LogP contribution is -2.64. The number of carbonyl (C=O) groups excluding carboxylic acids is 2. The summed E-state index contributed by atoms with van der Waals surface area (Å²) in [6.07, 6.45) is 42.2. The van der Waals surface area contributed by atoms with Crippen molar-refractivity contribution in [3.63, 3.8) is 0 Å². The van der Waals surface area contributed by atoms with Crippen molar-refractivity contribution in [2.24, 2.45) is 0 Å². The van der Waals surface area contributed by atoms with Gasteiger partial charge in [0.2, 0.25) is 0 Å². The number of allylic oxidation sites excluding steroid dienone is 14. The molecule has 0 bridgehead atoms. The van der Waals surface area contributed by atoms with Gasteiger partial charge in [0.15, 0.2) is 6.10 Å². The van der Waals surface area contributed by atoms with Crippen LogP contribution >= 0.6 is 7.82 Å². The van der Waals surface area contributed by atoms with E-state index in [1.165, 1.54) is 83.5 Å². The Morgan fingerprint density at radius 2 is 0.806 bits per heavy atom. The molecule has 1 saturated carbocycles. The summed E-state index contributed by atoms with van der Waals surface area (Å²) >= 11 is 0. The largest absolute Gasteiger partial charge is 0.472 e. The highest BCUT2D eigenvalue weighted by Crippen LogP contribution is 2.47. The third kappa shape index (κ3) is 34.1. The summed E-state index contributed by atoms with van der Waals surface area (Å²) in [4.78, 5) is 35.7. The first-order chi connectivity index (χ1) is 32.4. The Morgan fingerprint density at radius 1 is 0.463 bits per heavy atom. The highest BCUT2D eigenvalue weighted by atomic mass is 31.2. The number of phosphoric ester groups is 1. The molecule has 0 aromatic carbocycles. The fourth-order valence-electron chi connectivity index (χ4n) is 7.12. The van der Waals surface area contributed by atoms with E-state index in [2.05, 4.69) is 74.6 Å². The quantitative estimate of drug-likeness (QED) is 0.0146. The van der Waals surface area contributed by atoms with Crippen LogP contribution in [0.25, 0.3) is 0 Å². The molecule has 13 nitrogen and oxygen atoms in total. The number of rotatable bonds is 41. The van der Waals surface area contributed by atoms with Gasteiger partial charge in [0.1, 0.15) is 43.2 Å². The Kier molecular flexibility index (Phi) is 38.9. The summed E-state index contributed by atoms with van der Waals surface area (Å²) in [5.74, 6) is -1.23. The molecule has 0 aliphatic heterocycles. The van der Waals surface area contributed by atoms with Gasteiger partial charge in [-0.1, -0.05) is 170 Å². The minimum absolute atomic E-state index is 0.00906. The number of aliphatic hydroxyl groups excluding tert-OH is 5. The zero-order chi connectivity index (χ0) is 49.2. The summed E-state index contributed by atoms with van der Waals surface area (Å²) in [5.41, 5.74) is 0. The molecular formula is C53H89O13P. The lowest BCUT2D eigenvalue weighted by Gasteiger charge is -2.41. The fourth-order valence-corrected chi connectivity index (χ4v) is 8.09. The molecule has 1 fully saturated rings. The predicted octanol–water partition coefficient (Wildman–Crippen LogP) is 10.8. The average Bonchev–Trinajstić information content (AvgIpc) is 3.31. The van der Waals surface area contributed by atoms with E-state index in [0.29, 0.717) is 25.7 Å². The van der Waals surface area contributed by atoms with E-state index in [4.69, 9.17) is 18.5 Å². The van der Waals surface area contributed by atoms with E-state index in [1.54, 1.807) is 0 Å². The molecule has 67 heavy (non-hydrogen) atoms. The number of carbonyl (C=O) groups is 2. The Balaban J connectivity index is 2.50. The van der Waals surface area contributed by atoms with Gasteiger partial charge in [-0.3, -0.25) is 18.6 Å². The zero-order valence-electron chi connectivity index (χ0n) is 40.9. The third-order valence-electron chi connectivity index (χ3n) is 11.2. The lowest BCUT2D eigenvalue weighted by molar-refractivity contribution is -0.220. The Morgan fingerprint density at radius 3 is 1.22 bits per heavy atom. The Bertz CT molecular complexity index is 1490. The van der Waals surface area contributed by atoms with Crippen LogP contribution < -0.4 is 0 Å². The van der Waals surface area contributed by atoms with Crippen molar-refractivity contribution >= 4 is 19.8 Å². The number of ether oxygens (including phenoxy) is 2. The fraction of sp³-hybridized carbons (Fsp3) is 0.698. The van der Waals surface area contributed by atoms with E-state index in [1.807, 2.05) is 24.3 Å². The molecule has 0 aromatic rings. The molecular weight excluding hydrogens is 876 g/mol. The van der Waals surface area contributed by atoms with Crippen LogP contribution in [0.2, 0.25) is 0 Å². The van der Waals surface area contributed by atoms with Gasteiger partial charge < -0.3 is 39.9 Å². The number of unbranched alkanes of at least 4 members (excludes halogenated alkanes) is 15. The van der Waals surface area contributed by atoms with Crippen LogP contribution in [0.15, 0.2) is 85.1 Å². The topological polar surface area (TPSA) is 210 Å². The average molecular weight is 965 g/mol. The zero-order valence-corrected chi connectivity index (χ0v) is 41.8. The molecule has 0 radical (unpaired) electrons. The highest BCUT2D eigenvalue weighted by Gasteiger charge is 2.51. The van der Waals surface area contributed by atoms with Crippen LogP contribution in [0.5, 0.6) is 0 Å². The predicted molar refractivity (Wildman–Crippen MR) is 267 cm³/mol. The van der Waals surface area contributed by atoms with E-state index in [0.717, 1.165) is 44.9 Å². The molecule has 6 N–H and O–H groups in total. The van der Waals surface area contributed by atoms with Gasteiger partial charge in [-0.2, -0.15) is 0 Å². The van der Waals surface area contributed by atoms with Gasteiger partial charge in [-0.15, -0.1) is 0 Å². The SMILES string of the molecule is CCCCCCCC/C=C/C/C=C/C/C=C/CCCC(=O)O[C@@H](COC(=O)CCC/C=C/C/C=C/C/C=C/C/C=C/CCCCCCCCC)COP(=O)(O)OC1C(O)C(O)C(O)[C@H](O)C1O. The molecule has 0 saturated heterocycles. The maximum absolute atomic E-state index is 12.8. The smallest absolute Gasteiger partial charge is 0.462 e. The van der Waals surface area contributed by atoms with Crippen LogP contribution in [0, 0.1) is 0 Å². The minimum Gasteiger partial charge on any atom is -0.462 e. The molecule has 0 amide bonds. The van der Waals surface area contributed by atoms with Gasteiger partial charge in [-0.05, 0) is 83.5 Å². The molecule has 0 aromatic heterocycles. The Hall–Kier alpha value is -2.97. The number of aliphatic hydroxyl groups is 5. The van der Waals surface area contributed by atoms with Crippen molar-refractivity contribution in [1.82, 2.24) is 0 Å². The summed E-state index contributed by atoms with van der Waals surface area (Å²) in [5, 5.41) is 50.2. The maximum atomic E-state index is 12.8. The van der Waals surface area contributed by atoms with Crippen molar-refractivity contribution in [3.8, 4) is 0 Å². The molecule has 8 atom stereocenters. The van der Waals surface area contributed by atoms with Crippen LogP contribution in [0.4, 0.5) is 0 Å². The molecule has 1 aliphatic rings. The van der Waals surface area contributed by atoms with E-state index < -0.39 is 75.7 Å². The van der Waals surface area contributed by atoms with Crippen LogP contribution in [-0.4, -0.2) is 98.3 Å². The van der Waals surface area contributed by atoms with Crippen LogP contribution in [-0.2, 0) is 32.7 Å². The molecule has 14 heteroatoms. The van der Waals surface area contributed by atoms with Crippen molar-refractivity contribution in [1.29, 1.82) is 0 Å². The van der Waals surface area contributed by atoms with Gasteiger partial charge >= 0.3 is 19.8 Å². The second-order valence-corrected chi connectivity index (χ2v) is 18.7. The van der Waals surface area contributed by atoms with Gasteiger partial charge in [0, 0.05) is 12.8 Å². The van der Waals surface area contributed by atoms with Crippen LogP contribution in [0.1, 0.15) is 181 Å². The summed E-state index contributed by atoms with van der Waals surface area (Å²) in [6.45, 7) is 3.20. The van der Waals surface area contributed by atoms with Crippen molar-refractivity contribution in [2.45, 2.75) is 224 Å². The maximum Gasteiger partial charge on any atom is 0.472 e. The second-order valence-electron chi connectivity index (χ2n) is 17.3. The molecule has 6 unspecified atom stereocenters. The summed E-state index contributed by atoms with van der Waals surface area (Å²) in [7, 11) is -5.15. The number of esters is 2. The van der Waals surface area contributed by atoms with Crippen molar-refractivity contribution in [3.05, 3.63) is 85.1 Å². The number of hydrogen-bond acceptors (Lipinski definition) is 12. The first kappa shape index (κ1) is 62.0. The first-order valence-electron chi connectivity index (χ1n) is 25.4. The number of phosphoric acid groups is 1. The van der Waals surface area contributed by atoms with Crippen LogP contribution in [0.3, 0.4) is 0 Å². The normalized spacial score (nSPS) is 21.9. The van der Waals surface area contributed by atoms with E-state index >= 15 is 0 Å². The molecule has 0 heterocycles. The lowest BCUT2D eigenvalue weighted by atomic mass is 9.85. The van der Waals surface area contributed by atoms with Gasteiger partial charge in [0.05, 0.1) is 6.61 Å². The monoisotopic (exact) mass is 965 g/mol. The summed E-state index contributed by atoms with van der Waals surface area (Å²) in [6, 6.07) is 0. The minimum atomic E-state index is -5.15. The van der Waals surface area contributed by atoms with Gasteiger partial charge in [-0.25, -0.2) is 4.57 Å². The van der Waals surface area contributed by atoms with E-state index in [-0.39, 0.29) is 12.8 Å². The molecule has 1 aliphatic carbocycles. The summed E-state index contributed by atoms with van der Waals surface area (Å²) < 4.78 is 33.5. The van der Waals surface area contributed by atoms with Crippen molar-refractivity contribution < 1.29 is 63.1 Å². The molecule has 384 valence electrons. The standard InChI is InChI=1S/C53H89O13P/c1-3-5-7-9-11-13-15-17-19-21-22-23-24-26-27-29-31-33-35-37-39-41-46(54)63-43-45(44-64-67(61,62)66-53-51(59)49(57)48(56)50(58)52(53)60)65-47(55)42-40-38-36-34-32-30-28-25-20-18-16-14-12-10-8-6-4-2/h18-21,23-24,27-30,33-36,45,48-53,56-60H,3-17,22,25-26,31-32,37-44H2,1-2H3,(H,61,62)/b20-18+,21-19+,24-23+,29-27+,30-28+,35-33+,36-34+/t45-,48?,49-,50?,51?,52?,53?/m0/s1. The van der Waals surface area contributed by atoms with E-state index in [9.17, 15) is 44.6 Å². The second kappa shape index (κ2) is 42.0. The third-order valence-corrected chi connectivity index (χ3v) is 12.2. The van der Waals surface area contributed by atoms with Gasteiger partial charge in [0.25, 0.3) is 0 Å². The van der Waals surface area contributed by atoms with Crippen molar-refractivity contribution in [2.75, 3.05) is 13.2 Å². The first-order valence-corrected chi connectivity index (χ1v) is 26.9. The number of hydrogen-bond donors (Lipinski definition) is 6. The Labute approximate surface area is 403 Å².